The number of nitrogens with zero attached hydrogens (tertiary/aromatic N) is 2. The topological polar surface area (TPSA) is 67.4 Å². The van der Waals surface area contributed by atoms with Crippen molar-refractivity contribution in [1.82, 2.24) is 15.6 Å². The zero-order valence-corrected chi connectivity index (χ0v) is 16.3. The molecular formula is C18H28N4O3S. The second-order valence-corrected chi connectivity index (χ2v) is 6.25. The van der Waals surface area contributed by atoms with E-state index in [-0.39, 0.29) is 0 Å². The quantitative estimate of drug-likeness (QED) is 0.383. The molecule has 0 unspecified atom stereocenters. The number of thiocarbonyl (C=S) groups is 1. The Bertz CT molecular complexity index is 592. The molecule has 1 heterocycles. The first-order chi connectivity index (χ1) is 12.7. The number of hydrogen-bond donors (Lipinski definition) is 2. The fourth-order valence-electron chi connectivity index (χ4n) is 2.46. The third-order valence-corrected chi connectivity index (χ3v) is 4.08. The molecule has 1 aromatic carbocycles. The van der Waals surface area contributed by atoms with Crippen LogP contribution in [-0.2, 0) is 4.74 Å². The lowest BCUT2D eigenvalue weighted by Gasteiger charge is -2.26. The number of benzene rings is 1. The molecule has 0 atom stereocenters. The molecule has 8 heteroatoms. The molecule has 0 aliphatic carbocycles. The van der Waals surface area contributed by atoms with E-state index in [4.69, 9.17) is 26.4 Å². The maximum atomic E-state index is 5.70. The third kappa shape index (κ3) is 7.15. The predicted molar refractivity (Wildman–Crippen MR) is 107 cm³/mol. The molecular weight excluding hydrogens is 352 g/mol. The first-order valence-electron chi connectivity index (χ1n) is 8.90. The number of hydrazone groups is 1. The minimum absolute atomic E-state index is 0.505. The van der Waals surface area contributed by atoms with Crippen LogP contribution in [0.5, 0.6) is 11.5 Å². The van der Waals surface area contributed by atoms with Crippen LogP contribution in [0.15, 0.2) is 23.3 Å². The zero-order valence-electron chi connectivity index (χ0n) is 15.5. The van der Waals surface area contributed by atoms with E-state index in [1.165, 1.54) is 0 Å². The number of morpholine rings is 1. The van der Waals surface area contributed by atoms with Crippen molar-refractivity contribution in [2.45, 2.75) is 13.3 Å². The van der Waals surface area contributed by atoms with Crippen molar-refractivity contribution in [1.29, 1.82) is 0 Å². The fraction of sp³-hybridized carbons (Fsp3) is 0.556. The second kappa shape index (κ2) is 11.7. The molecule has 1 saturated heterocycles. The Morgan fingerprint density at radius 3 is 2.88 bits per heavy atom. The van der Waals surface area contributed by atoms with Crippen LogP contribution in [0.1, 0.15) is 18.9 Å². The largest absolute Gasteiger partial charge is 0.493 e. The van der Waals surface area contributed by atoms with Crippen LogP contribution >= 0.6 is 12.2 Å². The van der Waals surface area contributed by atoms with Gasteiger partial charge in [0.15, 0.2) is 16.6 Å². The van der Waals surface area contributed by atoms with Gasteiger partial charge < -0.3 is 19.5 Å². The van der Waals surface area contributed by atoms with Gasteiger partial charge in [0, 0.05) is 26.2 Å². The summed E-state index contributed by atoms with van der Waals surface area (Å²) in [4.78, 5) is 2.34. The summed E-state index contributed by atoms with van der Waals surface area (Å²) in [5.41, 5.74) is 3.74. The maximum absolute atomic E-state index is 5.70. The van der Waals surface area contributed by atoms with Gasteiger partial charge in [-0.2, -0.15) is 5.10 Å². The van der Waals surface area contributed by atoms with E-state index in [0.717, 1.165) is 51.4 Å². The van der Waals surface area contributed by atoms with Crippen molar-refractivity contribution in [3.63, 3.8) is 0 Å². The number of hydrogen-bond acceptors (Lipinski definition) is 6. The lowest BCUT2D eigenvalue weighted by molar-refractivity contribution is 0.0389. The molecule has 144 valence electrons. The SMILES string of the molecule is CCCOc1cc(/C=N/NC(=S)NCCN2CCOCC2)ccc1OC. The van der Waals surface area contributed by atoms with Gasteiger partial charge in [0.1, 0.15) is 0 Å². The Hall–Kier alpha value is -1.90. The van der Waals surface area contributed by atoms with Crippen molar-refractivity contribution in [2.75, 3.05) is 53.1 Å². The van der Waals surface area contributed by atoms with E-state index in [1.807, 2.05) is 18.2 Å². The molecule has 0 bridgehead atoms. The van der Waals surface area contributed by atoms with Crippen LogP contribution in [0.2, 0.25) is 0 Å². The summed E-state index contributed by atoms with van der Waals surface area (Å²) >= 11 is 5.24. The minimum Gasteiger partial charge on any atom is -0.493 e. The Labute approximate surface area is 160 Å². The Kier molecular flexibility index (Phi) is 9.16. The summed E-state index contributed by atoms with van der Waals surface area (Å²) in [6.07, 6.45) is 2.64. The van der Waals surface area contributed by atoms with Gasteiger partial charge in [-0.1, -0.05) is 6.92 Å². The highest BCUT2D eigenvalue weighted by Gasteiger charge is 2.09. The molecule has 1 aromatic rings. The standard InChI is InChI=1S/C18H28N4O3S/c1-3-10-25-17-13-15(4-5-16(17)23-2)14-20-21-18(26)19-6-7-22-8-11-24-12-9-22/h4-5,13-14H,3,6-12H2,1-2H3,(H2,19,21,26)/b20-14+. The van der Waals surface area contributed by atoms with E-state index in [0.29, 0.717) is 23.2 Å². The van der Waals surface area contributed by atoms with Crippen molar-refractivity contribution in [3.05, 3.63) is 23.8 Å². The van der Waals surface area contributed by atoms with E-state index in [9.17, 15) is 0 Å². The van der Waals surface area contributed by atoms with Gasteiger partial charge in [0.05, 0.1) is 33.1 Å². The van der Waals surface area contributed by atoms with E-state index < -0.39 is 0 Å². The average molecular weight is 381 g/mol. The van der Waals surface area contributed by atoms with Crippen LogP contribution in [-0.4, -0.2) is 69.3 Å². The Balaban J connectivity index is 1.75. The zero-order chi connectivity index (χ0) is 18.6. The van der Waals surface area contributed by atoms with E-state index >= 15 is 0 Å². The number of methoxy groups -OCH3 is 1. The normalized spacial score (nSPS) is 15.0. The summed E-state index contributed by atoms with van der Waals surface area (Å²) < 4.78 is 16.3. The number of rotatable bonds is 9. The molecule has 1 aliphatic heterocycles. The van der Waals surface area contributed by atoms with Crippen molar-refractivity contribution >= 4 is 23.5 Å². The highest BCUT2D eigenvalue weighted by molar-refractivity contribution is 7.80. The highest BCUT2D eigenvalue weighted by Crippen LogP contribution is 2.27. The lowest BCUT2D eigenvalue weighted by atomic mass is 10.2. The minimum atomic E-state index is 0.505. The molecule has 0 radical (unpaired) electrons. The van der Waals surface area contributed by atoms with Gasteiger partial charge in [-0.15, -0.1) is 0 Å². The highest BCUT2D eigenvalue weighted by atomic mass is 32.1. The second-order valence-electron chi connectivity index (χ2n) is 5.84. The number of nitrogens with one attached hydrogen (secondary N) is 2. The maximum Gasteiger partial charge on any atom is 0.187 e. The molecule has 0 saturated carbocycles. The van der Waals surface area contributed by atoms with Crippen LogP contribution in [0.4, 0.5) is 0 Å². The average Bonchev–Trinajstić information content (AvgIpc) is 2.67. The van der Waals surface area contributed by atoms with Gasteiger partial charge in [-0.05, 0) is 42.4 Å². The molecule has 1 aliphatic rings. The monoisotopic (exact) mass is 380 g/mol. The van der Waals surface area contributed by atoms with Crippen LogP contribution in [0, 0.1) is 0 Å². The third-order valence-electron chi connectivity index (χ3n) is 3.85. The predicted octanol–water partition coefficient (Wildman–Crippen LogP) is 1.61. The first-order valence-corrected chi connectivity index (χ1v) is 9.31. The smallest absolute Gasteiger partial charge is 0.187 e. The van der Waals surface area contributed by atoms with Gasteiger partial charge in [0.2, 0.25) is 0 Å². The van der Waals surface area contributed by atoms with Gasteiger partial charge in [0.25, 0.3) is 0 Å². The molecule has 2 rings (SSSR count). The molecule has 0 aromatic heterocycles. The van der Waals surface area contributed by atoms with E-state index in [1.54, 1.807) is 13.3 Å². The lowest BCUT2D eigenvalue weighted by Crippen LogP contribution is -2.42. The fourth-order valence-corrected chi connectivity index (χ4v) is 2.61. The number of ether oxygens (including phenoxy) is 3. The van der Waals surface area contributed by atoms with Crippen LogP contribution < -0.4 is 20.2 Å². The van der Waals surface area contributed by atoms with Gasteiger partial charge >= 0.3 is 0 Å². The summed E-state index contributed by atoms with van der Waals surface area (Å²) in [5, 5.41) is 7.83. The molecule has 26 heavy (non-hydrogen) atoms. The summed E-state index contributed by atoms with van der Waals surface area (Å²) in [5.74, 6) is 1.42. The summed E-state index contributed by atoms with van der Waals surface area (Å²) in [6, 6.07) is 5.68. The molecule has 1 fully saturated rings. The van der Waals surface area contributed by atoms with Crippen molar-refractivity contribution < 1.29 is 14.2 Å². The molecule has 0 spiro atoms. The van der Waals surface area contributed by atoms with Crippen LogP contribution in [0.3, 0.4) is 0 Å². The van der Waals surface area contributed by atoms with Crippen molar-refractivity contribution in [3.8, 4) is 11.5 Å². The molecule has 2 N–H and O–H groups in total. The van der Waals surface area contributed by atoms with Gasteiger partial charge in [-0.25, -0.2) is 0 Å². The molecule has 7 nitrogen and oxygen atoms in total. The van der Waals surface area contributed by atoms with E-state index in [2.05, 4.69) is 27.7 Å². The van der Waals surface area contributed by atoms with Gasteiger partial charge in [-0.3, -0.25) is 10.3 Å². The summed E-state index contributed by atoms with van der Waals surface area (Å²) in [7, 11) is 1.63. The summed E-state index contributed by atoms with van der Waals surface area (Å²) in [6.45, 7) is 7.98. The Morgan fingerprint density at radius 2 is 2.15 bits per heavy atom. The Morgan fingerprint density at radius 1 is 1.35 bits per heavy atom. The van der Waals surface area contributed by atoms with Crippen molar-refractivity contribution in [2.24, 2.45) is 5.10 Å². The first kappa shape index (κ1) is 20.4. The molecule has 0 amide bonds. The van der Waals surface area contributed by atoms with Crippen LogP contribution in [0.25, 0.3) is 0 Å².